The van der Waals surface area contributed by atoms with Crippen LogP contribution in [0.2, 0.25) is 0 Å². The first kappa shape index (κ1) is 13.0. The molecule has 1 aromatic rings. The first-order chi connectivity index (χ1) is 7.99. The molecule has 2 rings (SSSR count). The number of halogens is 3. The summed E-state index contributed by atoms with van der Waals surface area (Å²) in [7, 11) is 0. The fraction of sp³-hybridized carbons (Fsp3) is 0.182. The van der Waals surface area contributed by atoms with Crippen molar-refractivity contribution in [3.63, 3.8) is 0 Å². The van der Waals surface area contributed by atoms with E-state index in [0.717, 1.165) is 4.43 Å². The molecule has 6 heteroatoms. The van der Waals surface area contributed by atoms with Gasteiger partial charge in [0.15, 0.2) is 0 Å². The Kier molecular flexibility index (Phi) is 3.85. The number of alkyl halides is 2. The van der Waals surface area contributed by atoms with Crippen LogP contribution in [0.15, 0.2) is 18.2 Å². The molecular formula is C11H6Cl2IO3-. The Morgan fingerprint density at radius 2 is 1.41 bits per heavy atom. The van der Waals surface area contributed by atoms with Gasteiger partial charge in [-0.1, -0.05) is 0 Å². The number of ketones is 1. The van der Waals surface area contributed by atoms with E-state index in [1.807, 2.05) is 0 Å². The third kappa shape index (κ3) is 3.05. The topological polar surface area (TPSA) is 51.2 Å². The fourth-order valence-electron chi connectivity index (χ4n) is 1.36. The van der Waals surface area contributed by atoms with Crippen molar-refractivity contribution in [1.29, 1.82) is 0 Å². The Labute approximate surface area is 118 Å². The van der Waals surface area contributed by atoms with Gasteiger partial charge in [0.2, 0.25) is 0 Å². The van der Waals surface area contributed by atoms with Crippen LogP contribution in [0, 0.1) is 0 Å². The van der Waals surface area contributed by atoms with Crippen molar-refractivity contribution in [2.45, 2.75) is 3.92 Å². The summed E-state index contributed by atoms with van der Waals surface area (Å²) < 4.78 is 1.08. The molecule has 17 heavy (non-hydrogen) atoms. The molecule has 1 atom stereocenters. The Morgan fingerprint density at radius 3 is 1.76 bits per heavy atom. The van der Waals surface area contributed by atoms with Gasteiger partial charge in [-0.25, -0.2) is 0 Å². The van der Waals surface area contributed by atoms with Crippen LogP contribution in [0.4, 0.5) is 0 Å². The van der Waals surface area contributed by atoms with Gasteiger partial charge in [-0.2, -0.15) is 0 Å². The molecule has 1 aromatic carbocycles. The Bertz CT molecular complexity index is 491. The van der Waals surface area contributed by atoms with E-state index in [2.05, 4.69) is 0 Å². The van der Waals surface area contributed by atoms with Crippen molar-refractivity contribution in [1.82, 2.24) is 0 Å². The molecule has 0 N–H and O–H groups in total. The van der Waals surface area contributed by atoms with Crippen LogP contribution < -0.4 is 21.2 Å². The standard InChI is InChI=1S/C11H6Cl2IO3/c12-10(16)6-1-5(9(15)8-4-14-8)2-7(3-6)11(13)17/h1-3,8H,4H2/q-1. The average Bonchev–Trinajstić information content (AvgIpc) is 3.11. The molecule has 1 aliphatic heterocycles. The van der Waals surface area contributed by atoms with Crippen LogP contribution in [-0.2, 0) is 0 Å². The summed E-state index contributed by atoms with van der Waals surface area (Å²) >= 11 is 10.7. The maximum absolute atomic E-state index is 11.9. The zero-order chi connectivity index (χ0) is 12.6. The molecule has 0 aromatic heterocycles. The Balaban J connectivity index is 2.46. The first-order valence-corrected chi connectivity index (χ1v) is 8.18. The number of benzene rings is 1. The van der Waals surface area contributed by atoms with E-state index in [4.69, 9.17) is 23.2 Å². The molecule has 0 spiro atoms. The molecule has 0 radical (unpaired) electrons. The van der Waals surface area contributed by atoms with Crippen LogP contribution in [0.3, 0.4) is 0 Å². The van der Waals surface area contributed by atoms with E-state index in [0.29, 0.717) is 5.56 Å². The van der Waals surface area contributed by atoms with Gasteiger partial charge in [0, 0.05) is 0 Å². The minimum atomic E-state index is -0.704. The summed E-state index contributed by atoms with van der Waals surface area (Å²) in [5.74, 6) is -0.0169. The molecule has 0 aliphatic carbocycles. The number of carbonyl (C=O) groups excluding carboxylic acids is 3. The summed E-state index contributed by atoms with van der Waals surface area (Å²) in [6.07, 6.45) is 0. The Morgan fingerprint density at radius 1 is 1.00 bits per heavy atom. The van der Waals surface area contributed by atoms with Crippen molar-refractivity contribution in [2.24, 2.45) is 0 Å². The summed E-state index contributed by atoms with van der Waals surface area (Å²) in [6.45, 7) is 0. The minimum absolute atomic E-state index is 0.0169. The normalized spacial score (nSPS) is 18.1. The number of hydrogen-bond donors (Lipinski definition) is 0. The van der Waals surface area contributed by atoms with Gasteiger partial charge in [-0.3, -0.25) is 0 Å². The molecule has 1 aliphatic rings. The summed E-state index contributed by atoms with van der Waals surface area (Å²) in [5.41, 5.74) is 0.600. The number of Topliss-reactive ketones (excluding diaryl/α,β-unsaturated/α-hetero) is 1. The van der Waals surface area contributed by atoms with E-state index in [1.54, 1.807) is 0 Å². The molecule has 1 unspecified atom stereocenters. The zero-order valence-corrected chi connectivity index (χ0v) is 12.0. The summed E-state index contributed by atoms with van der Waals surface area (Å²) in [5, 5.41) is -1.41. The van der Waals surface area contributed by atoms with Crippen molar-refractivity contribution in [3.8, 4) is 0 Å². The molecule has 0 bridgehead atoms. The number of rotatable bonds is 4. The van der Waals surface area contributed by atoms with Crippen LogP contribution in [-0.4, -0.2) is 24.6 Å². The second-order valence-corrected chi connectivity index (χ2v) is 7.44. The second-order valence-electron chi connectivity index (χ2n) is 3.49. The van der Waals surface area contributed by atoms with Crippen LogP contribution >= 0.6 is 23.2 Å². The molecule has 0 saturated carbocycles. The quantitative estimate of drug-likeness (QED) is 0.293. The van der Waals surface area contributed by atoms with E-state index in [-0.39, 0.29) is 42.0 Å². The van der Waals surface area contributed by atoms with E-state index >= 15 is 0 Å². The summed E-state index contributed by atoms with van der Waals surface area (Å²) in [4.78, 5) is 34.0. The molecular weight excluding hydrogens is 378 g/mol. The van der Waals surface area contributed by atoms with Crippen molar-refractivity contribution in [3.05, 3.63) is 34.9 Å². The van der Waals surface area contributed by atoms with Gasteiger partial charge in [0.25, 0.3) is 0 Å². The van der Waals surface area contributed by atoms with Crippen LogP contribution in [0.5, 0.6) is 0 Å². The molecule has 3 nitrogen and oxygen atoms in total. The van der Waals surface area contributed by atoms with Crippen molar-refractivity contribution < 1.29 is 35.6 Å². The van der Waals surface area contributed by atoms with E-state index in [1.165, 1.54) is 18.2 Å². The third-order valence-corrected chi connectivity index (χ3v) is 5.03. The van der Waals surface area contributed by atoms with Crippen molar-refractivity contribution in [2.75, 3.05) is 4.43 Å². The molecule has 1 fully saturated rings. The van der Waals surface area contributed by atoms with Gasteiger partial charge in [-0.15, -0.1) is 0 Å². The first-order valence-electron chi connectivity index (χ1n) is 4.65. The van der Waals surface area contributed by atoms with Gasteiger partial charge in [-0.05, 0) is 0 Å². The van der Waals surface area contributed by atoms with Gasteiger partial charge >= 0.3 is 118 Å². The predicted molar refractivity (Wildman–Crippen MR) is 59.8 cm³/mol. The Hall–Kier alpha value is -0.460. The van der Waals surface area contributed by atoms with Crippen LogP contribution in [0.1, 0.15) is 31.1 Å². The second kappa shape index (κ2) is 5.04. The van der Waals surface area contributed by atoms with Crippen molar-refractivity contribution >= 4 is 39.5 Å². The van der Waals surface area contributed by atoms with Gasteiger partial charge in [0.05, 0.1) is 0 Å². The summed E-state index contributed by atoms with van der Waals surface area (Å²) in [6, 6.07) is 4.13. The predicted octanol–water partition coefficient (Wildman–Crippen LogP) is -0.902. The average molecular weight is 384 g/mol. The fourth-order valence-corrected chi connectivity index (χ4v) is 2.99. The monoisotopic (exact) mass is 383 g/mol. The molecule has 1 heterocycles. The van der Waals surface area contributed by atoms with E-state index in [9.17, 15) is 14.4 Å². The van der Waals surface area contributed by atoms with E-state index < -0.39 is 10.5 Å². The molecule has 90 valence electrons. The van der Waals surface area contributed by atoms with Gasteiger partial charge in [0.1, 0.15) is 0 Å². The third-order valence-electron chi connectivity index (χ3n) is 2.26. The van der Waals surface area contributed by atoms with Crippen LogP contribution in [0.25, 0.3) is 0 Å². The molecule has 0 amide bonds. The SMILES string of the molecule is O=C(Cl)c1cc(C(=O)Cl)cc(C(=O)C2C[I-]2)c1. The van der Waals surface area contributed by atoms with Gasteiger partial charge < -0.3 is 0 Å². The molecule has 1 saturated heterocycles. The number of carbonyl (C=O) groups is 3. The number of hydrogen-bond acceptors (Lipinski definition) is 3. The zero-order valence-electron chi connectivity index (χ0n) is 8.38. The maximum atomic E-state index is 11.9.